The van der Waals surface area contributed by atoms with Crippen LogP contribution in [0.5, 0.6) is 0 Å². The molecule has 2 aliphatic rings. The molecule has 7 heteroatoms. The van der Waals surface area contributed by atoms with E-state index in [4.69, 9.17) is 0 Å². The number of pyridine rings is 1. The standard InChI is InChI=1S/C36H48N4O3/c1-5-40(30-9-7-6-8-10-30)34-21-29(28-13-11-27(12-14-28)23-39-17-15-31(41)16-18-39)20-32(26(34)4)35(42)37-22-33-24(2)19-25(3)38-36(33)43/h11-14,19-21,30-31,41H,5-10,15-18,22-23H2,1-4H3,(H,37,42)(H,38,43). The van der Waals surface area contributed by atoms with Crippen molar-refractivity contribution in [3.8, 4) is 11.1 Å². The highest BCUT2D eigenvalue weighted by atomic mass is 16.3. The Labute approximate surface area is 256 Å². The Bertz CT molecular complexity index is 1470. The normalized spacial score (nSPS) is 16.8. The molecule has 3 N–H and O–H groups in total. The van der Waals surface area contributed by atoms with Gasteiger partial charge in [0.2, 0.25) is 0 Å². The summed E-state index contributed by atoms with van der Waals surface area (Å²) in [5, 5.41) is 12.9. The van der Waals surface area contributed by atoms with Gasteiger partial charge in [-0.05, 0) is 99.4 Å². The van der Waals surface area contributed by atoms with Gasteiger partial charge in [0.25, 0.3) is 11.5 Å². The number of rotatable bonds is 9. The molecule has 0 atom stereocenters. The minimum atomic E-state index is -0.168. The highest BCUT2D eigenvalue weighted by Crippen LogP contribution is 2.35. The fourth-order valence-electron chi connectivity index (χ4n) is 6.92. The van der Waals surface area contributed by atoms with Crippen molar-refractivity contribution in [1.82, 2.24) is 15.2 Å². The van der Waals surface area contributed by atoms with Gasteiger partial charge in [0.05, 0.1) is 6.10 Å². The van der Waals surface area contributed by atoms with Crippen LogP contribution in [0.15, 0.2) is 47.3 Å². The SMILES string of the molecule is CCN(c1cc(-c2ccc(CN3CCC(O)CC3)cc2)cc(C(=O)NCc2c(C)cc(C)[nH]c2=O)c1C)C1CCCCC1. The maximum absolute atomic E-state index is 13.8. The average Bonchev–Trinajstić information content (AvgIpc) is 3.00. The number of amides is 1. The molecule has 230 valence electrons. The molecule has 0 bridgehead atoms. The van der Waals surface area contributed by atoms with Crippen molar-refractivity contribution in [1.29, 1.82) is 0 Å². The van der Waals surface area contributed by atoms with E-state index in [1.54, 1.807) is 0 Å². The summed E-state index contributed by atoms with van der Waals surface area (Å²) in [6, 6.07) is 15.4. The Balaban J connectivity index is 1.45. The number of benzene rings is 2. The van der Waals surface area contributed by atoms with E-state index in [9.17, 15) is 14.7 Å². The third-order valence-electron chi connectivity index (χ3n) is 9.46. The highest BCUT2D eigenvalue weighted by Gasteiger charge is 2.25. The number of aliphatic hydroxyl groups excluding tert-OH is 1. The van der Waals surface area contributed by atoms with Gasteiger partial charge in [-0.25, -0.2) is 0 Å². The second-order valence-electron chi connectivity index (χ2n) is 12.6. The van der Waals surface area contributed by atoms with Gasteiger partial charge in [-0.1, -0.05) is 43.5 Å². The predicted octanol–water partition coefficient (Wildman–Crippen LogP) is 6.01. The molecule has 1 amide bonds. The number of hydrogen-bond donors (Lipinski definition) is 3. The number of H-pyrrole nitrogens is 1. The van der Waals surface area contributed by atoms with E-state index in [1.807, 2.05) is 26.0 Å². The number of carbonyl (C=O) groups excluding carboxylic acids is 1. The molecule has 2 heterocycles. The molecule has 7 nitrogen and oxygen atoms in total. The number of likely N-dealkylation sites (tertiary alicyclic amines) is 1. The van der Waals surface area contributed by atoms with Crippen LogP contribution in [0.3, 0.4) is 0 Å². The predicted molar refractivity (Wildman–Crippen MR) is 175 cm³/mol. The zero-order chi connectivity index (χ0) is 30.5. The second kappa shape index (κ2) is 13.9. The summed E-state index contributed by atoms with van der Waals surface area (Å²) in [6.07, 6.45) is 7.64. The number of piperidine rings is 1. The molecule has 0 unspecified atom stereocenters. The molecule has 2 fully saturated rings. The van der Waals surface area contributed by atoms with Gasteiger partial charge in [-0.15, -0.1) is 0 Å². The van der Waals surface area contributed by atoms with Crippen LogP contribution in [-0.2, 0) is 13.1 Å². The quantitative estimate of drug-likeness (QED) is 0.287. The summed E-state index contributed by atoms with van der Waals surface area (Å²) in [4.78, 5) is 34.2. The van der Waals surface area contributed by atoms with Crippen LogP contribution in [-0.4, -0.2) is 52.7 Å². The van der Waals surface area contributed by atoms with Crippen LogP contribution >= 0.6 is 0 Å². The highest BCUT2D eigenvalue weighted by molar-refractivity contribution is 5.99. The zero-order valence-electron chi connectivity index (χ0n) is 26.3. The molecule has 3 aromatic rings. The number of aromatic nitrogens is 1. The van der Waals surface area contributed by atoms with Gasteiger partial charge in [0.1, 0.15) is 0 Å². The first-order chi connectivity index (χ1) is 20.7. The van der Waals surface area contributed by atoms with E-state index in [0.29, 0.717) is 17.2 Å². The topological polar surface area (TPSA) is 88.7 Å². The lowest BCUT2D eigenvalue weighted by atomic mass is 9.91. The lowest BCUT2D eigenvalue weighted by molar-refractivity contribution is 0.0792. The van der Waals surface area contributed by atoms with Gasteiger partial charge >= 0.3 is 0 Å². The summed E-state index contributed by atoms with van der Waals surface area (Å²) in [7, 11) is 0. The molecule has 0 radical (unpaired) electrons. The summed E-state index contributed by atoms with van der Waals surface area (Å²) >= 11 is 0. The van der Waals surface area contributed by atoms with Gasteiger partial charge in [0, 0.05) is 61.3 Å². The van der Waals surface area contributed by atoms with E-state index in [1.165, 1.54) is 37.7 Å². The van der Waals surface area contributed by atoms with Gasteiger partial charge in [0.15, 0.2) is 0 Å². The smallest absolute Gasteiger partial charge is 0.253 e. The van der Waals surface area contributed by atoms with Crippen molar-refractivity contribution in [3.63, 3.8) is 0 Å². The van der Waals surface area contributed by atoms with Crippen molar-refractivity contribution in [3.05, 3.63) is 86.3 Å². The first-order valence-corrected chi connectivity index (χ1v) is 16.1. The second-order valence-corrected chi connectivity index (χ2v) is 12.6. The zero-order valence-corrected chi connectivity index (χ0v) is 26.3. The monoisotopic (exact) mass is 584 g/mol. The lowest BCUT2D eigenvalue weighted by Gasteiger charge is -2.37. The van der Waals surface area contributed by atoms with E-state index < -0.39 is 0 Å². The van der Waals surface area contributed by atoms with Crippen molar-refractivity contribution in [2.24, 2.45) is 0 Å². The minimum absolute atomic E-state index is 0.153. The largest absolute Gasteiger partial charge is 0.393 e. The molecule has 1 saturated heterocycles. The molecular weight excluding hydrogens is 536 g/mol. The fourth-order valence-corrected chi connectivity index (χ4v) is 6.92. The number of hydrogen-bond acceptors (Lipinski definition) is 5. The molecular formula is C36H48N4O3. The Morgan fingerprint density at radius 3 is 2.33 bits per heavy atom. The first kappa shape index (κ1) is 31.0. The van der Waals surface area contributed by atoms with Crippen LogP contribution in [0, 0.1) is 20.8 Å². The maximum Gasteiger partial charge on any atom is 0.253 e. The van der Waals surface area contributed by atoms with Crippen molar-refractivity contribution in [2.45, 2.75) is 97.9 Å². The number of nitrogens with one attached hydrogen (secondary N) is 2. The molecule has 1 aliphatic heterocycles. The van der Waals surface area contributed by atoms with E-state index in [2.05, 4.69) is 64.3 Å². The number of aromatic amines is 1. The molecule has 5 rings (SSSR count). The number of anilines is 1. The van der Waals surface area contributed by atoms with Crippen molar-refractivity contribution >= 4 is 11.6 Å². The summed E-state index contributed by atoms with van der Waals surface area (Å²) < 4.78 is 0. The maximum atomic E-state index is 13.8. The molecule has 2 aromatic carbocycles. The molecule has 43 heavy (non-hydrogen) atoms. The molecule has 1 aliphatic carbocycles. The van der Waals surface area contributed by atoms with Gasteiger partial charge in [-0.2, -0.15) is 0 Å². The van der Waals surface area contributed by atoms with Crippen molar-refractivity contribution in [2.75, 3.05) is 24.5 Å². The van der Waals surface area contributed by atoms with Crippen LogP contribution < -0.4 is 15.8 Å². The van der Waals surface area contributed by atoms with Crippen LogP contribution in [0.25, 0.3) is 11.1 Å². The van der Waals surface area contributed by atoms with Gasteiger partial charge < -0.3 is 20.3 Å². The fraction of sp³-hybridized carbons (Fsp3) is 0.500. The molecule has 1 saturated carbocycles. The Kier molecular flexibility index (Phi) is 10.0. The number of carbonyl (C=O) groups is 1. The molecule has 0 spiro atoms. The van der Waals surface area contributed by atoms with Crippen LogP contribution in [0.4, 0.5) is 5.69 Å². The minimum Gasteiger partial charge on any atom is -0.393 e. The Morgan fingerprint density at radius 2 is 1.67 bits per heavy atom. The summed E-state index contributed by atoms with van der Waals surface area (Å²) in [5.41, 5.74) is 8.24. The van der Waals surface area contributed by atoms with Crippen LogP contribution in [0.2, 0.25) is 0 Å². The Morgan fingerprint density at radius 1 is 0.977 bits per heavy atom. The first-order valence-electron chi connectivity index (χ1n) is 16.1. The average molecular weight is 585 g/mol. The van der Waals surface area contributed by atoms with E-state index in [-0.39, 0.29) is 24.1 Å². The van der Waals surface area contributed by atoms with Crippen LogP contribution in [0.1, 0.15) is 90.2 Å². The summed E-state index contributed by atoms with van der Waals surface area (Å²) in [5.74, 6) is -0.163. The van der Waals surface area contributed by atoms with Gasteiger partial charge in [-0.3, -0.25) is 14.5 Å². The summed E-state index contributed by atoms with van der Waals surface area (Å²) in [6.45, 7) is 11.8. The third kappa shape index (κ3) is 7.39. The Hall–Kier alpha value is -3.42. The molecule has 1 aromatic heterocycles. The number of nitrogens with zero attached hydrogens (tertiary/aromatic N) is 2. The van der Waals surface area contributed by atoms with E-state index in [0.717, 1.165) is 72.7 Å². The van der Waals surface area contributed by atoms with E-state index >= 15 is 0 Å². The lowest BCUT2D eigenvalue weighted by Crippen LogP contribution is -2.37. The third-order valence-corrected chi connectivity index (χ3v) is 9.46. The number of aliphatic hydroxyl groups is 1. The number of aryl methyl sites for hydroxylation is 2. The van der Waals surface area contributed by atoms with Crippen molar-refractivity contribution < 1.29 is 9.90 Å².